The molecular formula is C18H23NO6S. The van der Waals surface area contributed by atoms with Crippen LogP contribution in [0.25, 0.3) is 0 Å². The van der Waals surface area contributed by atoms with Crippen LogP contribution in [0.4, 0.5) is 0 Å². The van der Waals surface area contributed by atoms with Gasteiger partial charge >= 0.3 is 5.97 Å². The summed E-state index contributed by atoms with van der Waals surface area (Å²) in [6, 6.07) is 4.88. The molecule has 142 valence electrons. The molecule has 1 saturated heterocycles. The molecule has 3 rings (SSSR count). The van der Waals surface area contributed by atoms with E-state index in [0.717, 1.165) is 11.1 Å². The molecule has 2 aliphatic heterocycles. The SMILES string of the molecule is CC(C(=O)N1CCc2ccc(C(=O)O)cc2C1)S(=O)(=O)C1CCOCC1. The maximum Gasteiger partial charge on any atom is 0.335 e. The number of hydrogen-bond acceptors (Lipinski definition) is 5. The highest BCUT2D eigenvalue weighted by molar-refractivity contribution is 7.93. The monoisotopic (exact) mass is 381 g/mol. The van der Waals surface area contributed by atoms with E-state index in [9.17, 15) is 18.0 Å². The Hall–Kier alpha value is -1.93. The predicted molar refractivity (Wildman–Crippen MR) is 94.7 cm³/mol. The Morgan fingerprint density at radius 2 is 1.92 bits per heavy atom. The van der Waals surface area contributed by atoms with Crippen LogP contribution in [0.3, 0.4) is 0 Å². The fourth-order valence-electron chi connectivity index (χ4n) is 3.57. The van der Waals surface area contributed by atoms with Gasteiger partial charge < -0.3 is 14.7 Å². The molecule has 0 spiro atoms. The first-order valence-electron chi connectivity index (χ1n) is 8.75. The van der Waals surface area contributed by atoms with Gasteiger partial charge in [0.05, 0.1) is 10.8 Å². The fourth-order valence-corrected chi connectivity index (χ4v) is 5.43. The lowest BCUT2D eigenvalue weighted by Gasteiger charge is -2.32. The quantitative estimate of drug-likeness (QED) is 0.842. The van der Waals surface area contributed by atoms with Crippen LogP contribution in [0.15, 0.2) is 18.2 Å². The van der Waals surface area contributed by atoms with Crippen molar-refractivity contribution in [2.45, 2.75) is 43.2 Å². The van der Waals surface area contributed by atoms with E-state index in [1.165, 1.54) is 11.8 Å². The first-order chi connectivity index (χ1) is 12.3. The van der Waals surface area contributed by atoms with Crippen molar-refractivity contribution in [3.05, 3.63) is 34.9 Å². The number of rotatable bonds is 4. The highest BCUT2D eigenvalue weighted by atomic mass is 32.2. The van der Waals surface area contributed by atoms with Crippen LogP contribution in [0, 0.1) is 0 Å². The summed E-state index contributed by atoms with van der Waals surface area (Å²) in [5.74, 6) is -1.44. The molecule has 1 amide bonds. The number of amides is 1. The Bertz CT molecular complexity index is 813. The van der Waals surface area contributed by atoms with Crippen LogP contribution in [-0.2, 0) is 32.3 Å². The predicted octanol–water partition coefficient (Wildman–Crippen LogP) is 1.25. The average molecular weight is 381 g/mol. The third-order valence-corrected chi connectivity index (χ3v) is 7.84. The summed E-state index contributed by atoms with van der Waals surface area (Å²) >= 11 is 0. The molecule has 1 aromatic rings. The summed E-state index contributed by atoms with van der Waals surface area (Å²) in [5, 5.41) is 7.49. The first-order valence-corrected chi connectivity index (χ1v) is 10.4. The molecule has 0 radical (unpaired) electrons. The smallest absolute Gasteiger partial charge is 0.335 e. The highest BCUT2D eigenvalue weighted by Crippen LogP contribution is 2.25. The second-order valence-electron chi connectivity index (χ2n) is 6.84. The summed E-state index contributed by atoms with van der Waals surface area (Å²) in [7, 11) is -3.57. The van der Waals surface area contributed by atoms with E-state index in [2.05, 4.69) is 0 Å². The van der Waals surface area contributed by atoms with Gasteiger partial charge in [-0.05, 0) is 49.4 Å². The fraction of sp³-hybridized carbons (Fsp3) is 0.556. The Morgan fingerprint density at radius 3 is 2.58 bits per heavy atom. The molecule has 7 nitrogen and oxygen atoms in total. The highest BCUT2D eigenvalue weighted by Gasteiger charge is 2.39. The molecule has 0 aliphatic carbocycles. The van der Waals surface area contributed by atoms with Gasteiger partial charge in [0.25, 0.3) is 0 Å². The van der Waals surface area contributed by atoms with E-state index in [1.807, 2.05) is 0 Å². The molecule has 0 saturated carbocycles. The van der Waals surface area contributed by atoms with Crippen LogP contribution in [-0.4, -0.2) is 60.6 Å². The van der Waals surface area contributed by atoms with Crippen LogP contribution >= 0.6 is 0 Å². The summed E-state index contributed by atoms with van der Waals surface area (Å²) in [5.41, 5.74) is 1.93. The Morgan fingerprint density at radius 1 is 1.23 bits per heavy atom. The third-order valence-electron chi connectivity index (χ3n) is 5.25. The number of nitrogens with zero attached hydrogens (tertiary/aromatic N) is 1. The lowest BCUT2D eigenvalue weighted by atomic mass is 9.97. The Kier molecular flexibility index (Phi) is 5.34. The van der Waals surface area contributed by atoms with Gasteiger partial charge in [-0.2, -0.15) is 0 Å². The minimum absolute atomic E-state index is 0.168. The van der Waals surface area contributed by atoms with E-state index in [-0.39, 0.29) is 12.1 Å². The molecule has 8 heteroatoms. The van der Waals surface area contributed by atoms with Crippen LogP contribution < -0.4 is 0 Å². The lowest BCUT2D eigenvalue weighted by molar-refractivity contribution is -0.131. The first kappa shape index (κ1) is 18.8. The number of sulfone groups is 1. The number of carbonyl (C=O) groups excluding carboxylic acids is 1. The number of carboxylic acids is 1. The standard InChI is InChI=1S/C18H23NO6S/c1-12(26(23,24)16-5-8-25-9-6-16)17(20)19-7-4-13-2-3-14(18(21)22)10-15(13)11-19/h2-3,10,12,16H,4-9,11H2,1H3,(H,21,22). The molecule has 1 atom stereocenters. The van der Waals surface area contributed by atoms with Gasteiger partial charge in [0.2, 0.25) is 5.91 Å². The average Bonchev–Trinajstić information content (AvgIpc) is 2.66. The summed E-state index contributed by atoms with van der Waals surface area (Å²) in [6.07, 6.45) is 1.43. The summed E-state index contributed by atoms with van der Waals surface area (Å²) in [6.45, 7) is 2.94. The number of aromatic carboxylic acids is 1. The summed E-state index contributed by atoms with van der Waals surface area (Å²) < 4.78 is 30.8. The molecule has 26 heavy (non-hydrogen) atoms. The second kappa shape index (κ2) is 7.36. The van der Waals surface area contributed by atoms with Gasteiger partial charge in [0.1, 0.15) is 5.25 Å². The molecule has 2 aliphatic rings. The largest absolute Gasteiger partial charge is 0.478 e. The lowest BCUT2D eigenvalue weighted by Crippen LogP contribution is -2.47. The van der Waals surface area contributed by atoms with Crippen molar-refractivity contribution in [2.24, 2.45) is 0 Å². The van der Waals surface area contributed by atoms with Crippen molar-refractivity contribution in [3.8, 4) is 0 Å². The van der Waals surface area contributed by atoms with Crippen molar-refractivity contribution >= 4 is 21.7 Å². The minimum atomic E-state index is -3.57. The molecule has 1 fully saturated rings. The van der Waals surface area contributed by atoms with E-state index in [4.69, 9.17) is 9.84 Å². The van der Waals surface area contributed by atoms with Crippen molar-refractivity contribution in [1.29, 1.82) is 0 Å². The minimum Gasteiger partial charge on any atom is -0.478 e. The van der Waals surface area contributed by atoms with Crippen molar-refractivity contribution < 1.29 is 27.9 Å². The summed E-state index contributed by atoms with van der Waals surface area (Å²) in [4.78, 5) is 25.5. The molecule has 0 aromatic heterocycles. The number of benzene rings is 1. The topological polar surface area (TPSA) is 101 Å². The van der Waals surface area contributed by atoms with Crippen molar-refractivity contribution in [1.82, 2.24) is 4.90 Å². The molecule has 1 N–H and O–H groups in total. The maximum atomic E-state index is 12.8. The molecule has 0 bridgehead atoms. The van der Waals surface area contributed by atoms with Gasteiger partial charge in [0, 0.05) is 26.3 Å². The van der Waals surface area contributed by atoms with Gasteiger partial charge in [-0.3, -0.25) is 4.79 Å². The van der Waals surface area contributed by atoms with Crippen LogP contribution in [0.2, 0.25) is 0 Å². The number of ether oxygens (including phenoxy) is 1. The zero-order valence-corrected chi connectivity index (χ0v) is 15.5. The van der Waals surface area contributed by atoms with Gasteiger partial charge in [-0.1, -0.05) is 6.07 Å². The maximum absolute atomic E-state index is 12.8. The van der Waals surface area contributed by atoms with E-state index in [1.54, 1.807) is 18.2 Å². The van der Waals surface area contributed by atoms with Gasteiger partial charge in [-0.25, -0.2) is 13.2 Å². The van der Waals surface area contributed by atoms with Crippen LogP contribution in [0.1, 0.15) is 41.3 Å². The zero-order chi connectivity index (χ0) is 18.9. The third kappa shape index (κ3) is 3.61. The number of carboxylic acid groups (broad SMARTS) is 1. The second-order valence-corrected chi connectivity index (χ2v) is 9.39. The van der Waals surface area contributed by atoms with Crippen molar-refractivity contribution in [2.75, 3.05) is 19.8 Å². The van der Waals surface area contributed by atoms with Crippen molar-refractivity contribution in [3.63, 3.8) is 0 Å². The van der Waals surface area contributed by atoms with Gasteiger partial charge in [0.15, 0.2) is 9.84 Å². The number of fused-ring (bicyclic) bond motifs is 1. The molecule has 1 unspecified atom stereocenters. The number of carbonyl (C=O) groups is 2. The zero-order valence-electron chi connectivity index (χ0n) is 14.7. The van der Waals surface area contributed by atoms with E-state index in [0.29, 0.717) is 39.0 Å². The van der Waals surface area contributed by atoms with E-state index < -0.39 is 32.2 Å². The molecular weight excluding hydrogens is 358 g/mol. The molecule has 1 aromatic carbocycles. The normalized spacial score (nSPS) is 19.7. The van der Waals surface area contributed by atoms with Crippen LogP contribution in [0.5, 0.6) is 0 Å². The van der Waals surface area contributed by atoms with Gasteiger partial charge in [-0.15, -0.1) is 0 Å². The number of hydrogen-bond donors (Lipinski definition) is 1. The Balaban J connectivity index is 1.76. The molecule has 2 heterocycles. The Labute approximate surface area is 152 Å². The van der Waals surface area contributed by atoms with E-state index >= 15 is 0 Å².